The summed E-state index contributed by atoms with van der Waals surface area (Å²) in [6, 6.07) is 3.27. The molecule has 8 nitrogen and oxygen atoms in total. The fourth-order valence-electron chi connectivity index (χ4n) is 2.82. The maximum atomic E-state index is 12.0. The van der Waals surface area contributed by atoms with Crippen molar-refractivity contribution in [2.45, 2.75) is 26.0 Å². The summed E-state index contributed by atoms with van der Waals surface area (Å²) in [5, 5.41) is 10.1. The lowest BCUT2D eigenvalue weighted by atomic mass is 9.77. The van der Waals surface area contributed by atoms with Gasteiger partial charge in [0.1, 0.15) is 11.4 Å². The fourth-order valence-corrected chi connectivity index (χ4v) is 2.82. The molecule has 0 saturated carbocycles. The van der Waals surface area contributed by atoms with Crippen molar-refractivity contribution in [3.63, 3.8) is 0 Å². The summed E-state index contributed by atoms with van der Waals surface area (Å²) in [5.41, 5.74) is 7.84. The molecule has 130 valence electrons. The van der Waals surface area contributed by atoms with Crippen LogP contribution < -0.4 is 15.9 Å². The Kier molecular flexibility index (Phi) is 4.93. The monoisotopic (exact) mass is 347 g/mol. The molecule has 25 heavy (non-hydrogen) atoms. The van der Waals surface area contributed by atoms with Crippen molar-refractivity contribution in [2.24, 2.45) is 5.73 Å². The molecule has 0 radical (unpaired) electrons. The zero-order valence-electron chi connectivity index (χ0n) is 13.3. The van der Waals surface area contributed by atoms with Gasteiger partial charge in [-0.2, -0.15) is 0 Å². The van der Waals surface area contributed by atoms with E-state index in [4.69, 9.17) is 15.1 Å². The molecular weight excluding hydrogens is 332 g/mol. The van der Waals surface area contributed by atoms with E-state index in [0.717, 1.165) is 0 Å². The molecule has 1 aliphatic rings. The van der Waals surface area contributed by atoms with Gasteiger partial charge in [0.05, 0.1) is 12.5 Å². The topological polar surface area (TPSA) is 117 Å². The predicted molar refractivity (Wildman–Crippen MR) is 84.4 cm³/mol. The molecule has 3 N–H and O–H groups in total. The minimum absolute atomic E-state index is 0.159. The van der Waals surface area contributed by atoms with E-state index in [1.807, 2.05) is 0 Å². The van der Waals surface area contributed by atoms with Crippen LogP contribution in [0.15, 0.2) is 24.5 Å². The highest BCUT2D eigenvalue weighted by Gasteiger charge is 2.38. The number of hydrogen-bond acceptors (Lipinski definition) is 8. The molecule has 10 heteroatoms. The van der Waals surface area contributed by atoms with Crippen molar-refractivity contribution in [1.29, 1.82) is 0 Å². The maximum Gasteiger partial charge on any atom is 0.492 e. The molecule has 2 heterocycles. The van der Waals surface area contributed by atoms with Gasteiger partial charge in [-0.25, -0.2) is 9.78 Å². The number of nitrogens with zero attached hydrogens (tertiary/aromatic N) is 2. The van der Waals surface area contributed by atoms with Crippen LogP contribution in [-0.4, -0.2) is 28.1 Å². The molecule has 3 rings (SSSR count). The predicted octanol–water partition coefficient (Wildman–Crippen LogP) is 0.613. The van der Waals surface area contributed by atoms with E-state index in [2.05, 4.69) is 14.9 Å². The Morgan fingerprint density at radius 1 is 1.44 bits per heavy atom. The highest BCUT2D eigenvalue weighted by Crippen LogP contribution is 2.33. The highest BCUT2D eigenvalue weighted by molar-refractivity contribution is 6.62. The number of benzene rings is 1. The van der Waals surface area contributed by atoms with E-state index >= 15 is 0 Å². The zero-order valence-corrected chi connectivity index (χ0v) is 13.3. The Morgan fingerprint density at radius 2 is 2.20 bits per heavy atom. The van der Waals surface area contributed by atoms with Crippen LogP contribution in [0.25, 0.3) is 0 Å². The SMILES string of the molecule is Cc1cc(Oc2nccnc2CN)cc2c1C(CC(=O)OF)OB2O. The third kappa shape index (κ3) is 3.45. The van der Waals surface area contributed by atoms with Gasteiger partial charge >= 0.3 is 13.1 Å². The Labute approximate surface area is 142 Å². The van der Waals surface area contributed by atoms with Gasteiger partial charge in [-0.05, 0) is 35.6 Å². The summed E-state index contributed by atoms with van der Waals surface area (Å²) in [5.74, 6) is -0.407. The third-order valence-electron chi connectivity index (χ3n) is 3.86. The second kappa shape index (κ2) is 7.13. The molecule has 0 spiro atoms. The van der Waals surface area contributed by atoms with Crippen molar-refractivity contribution < 1.29 is 28.7 Å². The first-order valence-corrected chi connectivity index (χ1v) is 7.50. The van der Waals surface area contributed by atoms with Crippen LogP contribution in [0.2, 0.25) is 0 Å². The van der Waals surface area contributed by atoms with Crippen LogP contribution in [0.5, 0.6) is 11.6 Å². The number of nitrogens with two attached hydrogens (primary N) is 1. The molecule has 2 aromatic rings. The molecule has 0 fully saturated rings. The summed E-state index contributed by atoms with van der Waals surface area (Å²) in [6.07, 6.45) is 1.85. The quantitative estimate of drug-likeness (QED) is 0.756. The molecule has 1 atom stereocenters. The van der Waals surface area contributed by atoms with Crippen LogP contribution in [0.1, 0.15) is 29.3 Å². The van der Waals surface area contributed by atoms with E-state index in [1.165, 1.54) is 12.4 Å². The van der Waals surface area contributed by atoms with E-state index < -0.39 is 19.2 Å². The van der Waals surface area contributed by atoms with Gasteiger partial charge in [0.2, 0.25) is 5.88 Å². The number of aromatic nitrogens is 2. The van der Waals surface area contributed by atoms with Crippen LogP contribution in [0.4, 0.5) is 4.53 Å². The molecule has 1 unspecified atom stereocenters. The Morgan fingerprint density at radius 3 is 2.92 bits per heavy atom. The second-order valence-electron chi connectivity index (χ2n) is 5.49. The number of aryl methyl sites for hydroxylation is 1. The number of carbonyl (C=O) groups is 1. The van der Waals surface area contributed by atoms with Crippen LogP contribution in [0.3, 0.4) is 0 Å². The molecule has 0 amide bonds. The minimum Gasteiger partial charge on any atom is -0.437 e. The first kappa shape index (κ1) is 17.3. The molecule has 1 aliphatic heterocycles. The van der Waals surface area contributed by atoms with Gasteiger partial charge in [-0.1, -0.05) is 0 Å². The normalized spacial score (nSPS) is 15.8. The van der Waals surface area contributed by atoms with Crippen molar-refractivity contribution in [2.75, 3.05) is 0 Å². The lowest BCUT2D eigenvalue weighted by Crippen LogP contribution is -2.28. The van der Waals surface area contributed by atoms with Gasteiger partial charge in [-0.15, -0.1) is 0 Å². The molecule has 0 saturated heterocycles. The van der Waals surface area contributed by atoms with E-state index in [-0.39, 0.29) is 18.8 Å². The summed E-state index contributed by atoms with van der Waals surface area (Å²) in [6.45, 7) is 1.92. The van der Waals surface area contributed by atoms with Crippen molar-refractivity contribution in [3.8, 4) is 11.6 Å². The Bertz CT molecular complexity index is 807. The lowest BCUT2D eigenvalue weighted by molar-refractivity contribution is -0.185. The Hall–Kier alpha value is -2.56. The Balaban J connectivity index is 1.92. The van der Waals surface area contributed by atoms with Gasteiger partial charge in [0.15, 0.2) is 0 Å². The van der Waals surface area contributed by atoms with E-state index in [9.17, 15) is 14.3 Å². The highest BCUT2D eigenvalue weighted by atomic mass is 19.3. The van der Waals surface area contributed by atoms with Gasteiger partial charge < -0.3 is 20.1 Å². The average Bonchev–Trinajstić information content (AvgIpc) is 2.91. The number of fused-ring (bicyclic) bond motifs is 1. The first-order chi connectivity index (χ1) is 12.0. The fraction of sp³-hybridized carbons (Fsp3) is 0.267. The average molecular weight is 347 g/mol. The van der Waals surface area contributed by atoms with E-state index in [0.29, 0.717) is 28.0 Å². The second-order valence-corrected chi connectivity index (χ2v) is 5.49. The number of ether oxygens (including phenoxy) is 1. The number of halogens is 1. The number of rotatable bonds is 5. The minimum atomic E-state index is -1.26. The lowest BCUT2D eigenvalue weighted by Gasteiger charge is -2.14. The smallest absolute Gasteiger partial charge is 0.437 e. The standard InChI is InChI=1S/C15H15BFN3O5/c1-8-4-9(23-15-11(7-18)19-2-3-20-15)5-10-14(8)12(24-16(10)22)6-13(21)25-17/h2-5,12,22H,6-7,18H2,1H3. The summed E-state index contributed by atoms with van der Waals surface area (Å²) >= 11 is 0. The first-order valence-electron chi connectivity index (χ1n) is 7.50. The third-order valence-corrected chi connectivity index (χ3v) is 3.86. The van der Waals surface area contributed by atoms with Gasteiger partial charge in [-0.3, -0.25) is 9.93 Å². The largest absolute Gasteiger partial charge is 0.492 e. The summed E-state index contributed by atoms with van der Waals surface area (Å²) in [4.78, 5) is 22.5. The maximum absolute atomic E-state index is 12.0. The molecule has 1 aromatic heterocycles. The zero-order chi connectivity index (χ0) is 18.0. The van der Waals surface area contributed by atoms with Crippen LogP contribution in [0, 0.1) is 6.92 Å². The summed E-state index contributed by atoms with van der Waals surface area (Å²) < 4.78 is 23.0. The van der Waals surface area contributed by atoms with Crippen molar-refractivity contribution in [3.05, 3.63) is 41.3 Å². The molecule has 0 aliphatic carbocycles. The molecule has 1 aromatic carbocycles. The van der Waals surface area contributed by atoms with Crippen molar-refractivity contribution in [1.82, 2.24) is 9.97 Å². The van der Waals surface area contributed by atoms with Crippen LogP contribution in [-0.2, 0) is 20.9 Å². The van der Waals surface area contributed by atoms with Crippen LogP contribution >= 0.6 is 0 Å². The summed E-state index contributed by atoms with van der Waals surface area (Å²) in [7, 11) is -1.26. The van der Waals surface area contributed by atoms with Gasteiger partial charge in [0.25, 0.3) is 0 Å². The van der Waals surface area contributed by atoms with Crippen molar-refractivity contribution >= 4 is 18.6 Å². The molecule has 0 bridgehead atoms. The number of hydrogen-bond donors (Lipinski definition) is 2. The number of carbonyl (C=O) groups excluding carboxylic acids is 1. The molecular formula is C15H15BFN3O5. The van der Waals surface area contributed by atoms with Gasteiger partial charge in [0, 0.05) is 23.5 Å². The van der Waals surface area contributed by atoms with E-state index in [1.54, 1.807) is 19.1 Å².